The summed E-state index contributed by atoms with van der Waals surface area (Å²) in [6, 6.07) is 3.03. The molecule has 0 fully saturated rings. The van der Waals surface area contributed by atoms with Crippen LogP contribution in [0.25, 0.3) is 0 Å². The minimum atomic E-state index is -4.63. The van der Waals surface area contributed by atoms with E-state index in [1.165, 1.54) is 0 Å². The number of alkyl halides is 3. The molecule has 0 aliphatic heterocycles. The SMILES string of the molecule is CC(C)CNC(C#N)c1cc(F)cc(C(F)(F)F)c1. The maximum Gasteiger partial charge on any atom is 0.416 e. The molecule has 0 saturated heterocycles. The number of rotatable bonds is 4. The molecule has 104 valence electrons. The molecule has 1 aromatic rings. The zero-order valence-corrected chi connectivity index (χ0v) is 10.6. The first kappa shape index (κ1) is 15.4. The van der Waals surface area contributed by atoms with Crippen LogP contribution >= 0.6 is 0 Å². The van der Waals surface area contributed by atoms with Crippen LogP contribution in [0.3, 0.4) is 0 Å². The summed E-state index contributed by atoms with van der Waals surface area (Å²) in [7, 11) is 0. The summed E-state index contributed by atoms with van der Waals surface area (Å²) < 4.78 is 50.9. The second-order valence-corrected chi connectivity index (χ2v) is 4.64. The lowest BCUT2D eigenvalue weighted by atomic mass is 10.0. The van der Waals surface area contributed by atoms with Crippen molar-refractivity contribution in [3.05, 3.63) is 35.1 Å². The highest BCUT2D eigenvalue weighted by molar-refractivity contribution is 5.31. The van der Waals surface area contributed by atoms with Crippen LogP contribution in [0.15, 0.2) is 18.2 Å². The van der Waals surface area contributed by atoms with Crippen LogP contribution in [-0.4, -0.2) is 6.54 Å². The highest BCUT2D eigenvalue weighted by Gasteiger charge is 2.32. The van der Waals surface area contributed by atoms with E-state index in [1.54, 1.807) is 0 Å². The summed E-state index contributed by atoms with van der Waals surface area (Å²) in [6.07, 6.45) is -4.63. The fourth-order valence-corrected chi connectivity index (χ4v) is 1.53. The third kappa shape index (κ3) is 4.52. The van der Waals surface area contributed by atoms with Gasteiger partial charge in [0.2, 0.25) is 0 Å². The lowest BCUT2D eigenvalue weighted by Crippen LogP contribution is -2.24. The van der Waals surface area contributed by atoms with Gasteiger partial charge in [-0.05, 0) is 36.2 Å². The summed E-state index contributed by atoms with van der Waals surface area (Å²) in [4.78, 5) is 0. The third-order valence-corrected chi connectivity index (χ3v) is 2.44. The van der Waals surface area contributed by atoms with Crippen LogP contribution in [0, 0.1) is 23.1 Å². The number of hydrogen-bond acceptors (Lipinski definition) is 2. The molecule has 1 rings (SSSR count). The maximum absolute atomic E-state index is 13.2. The molecule has 1 unspecified atom stereocenters. The maximum atomic E-state index is 13.2. The third-order valence-electron chi connectivity index (χ3n) is 2.44. The Morgan fingerprint density at radius 1 is 1.26 bits per heavy atom. The van der Waals surface area contributed by atoms with Gasteiger partial charge in [-0.3, -0.25) is 5.32 Å². The van der Waals surface area contributed by atoms with Gasteiger partial charge in [0, 0.05) is 0 Å². The Kier molecular flexibility index (Phi) is 4.90. The van der Waals surface area contributed by atoms with Crippen molar-refractivity contribution in [2.45, 2.75) is 26.1 Å². The van der Waals surface area contributed by atoms with E-state index >= 15 is 0 Å². The van der Waals surface area contributed by atoms with Crippen molar-refractivity contribution >= 4 is 0 Å². The summed E-state index contributed by atoms with van der Waals surface area (Å²) >= 11 is 0. The van der Waals surface area contributed by atoms with Crippen LogP contribution in [0.2, 0.25) is 0 Å². The van der Waals surface area contributed by atoms with Gasteiger partial charge in [-0.2, -0.15) is 18.4 Å². The Morgan fingerprint density at radius 3 is 2.37 bits per heavy atom. The minimum Gasteiger partial charge on any atom is -0.298 e. The zero-order valence-electron chi connectivity index (χ0n) is 10.6. The fraction of sp³-hybridized carbons (Fsp3) is 0.462. The summed E-state index contributed by atoms with van der Waals surface area (Å²) in [6.45, 7) is 4.25. The Hall–Kier alpha value is -1.61. The monoisotopic (exact) mass is 274 g/mol. The Bertz CT molecular complexity index is 475. The van der Waals surface area contributed by atoms with Gasteiger partial charge in [0.1, 0.15) is 11.9 Å². The second kappa shape index (κ2) is 6.02. The molecule has 0 heterocycles. The first-order valence-corrected chi connectivity index (χ1v) is 5.74. The summed E-state index contributed by atoms with van der Waals surface area (Å²) in [5, 5.41) is 11.8. The van der Waals surface area contributed by atoms with Crippen molar-refractivity contribution in [2.24, 2.45) is 5.92 Å². The zero-order chi connectivity index (χ0) is 14.6. The number of hydrogen-bond donors (Lipinski definition) is 1. The first-order chi connectivity index (χ1) is 8.74. The van der Waals surface area contributed by atoms with Crippen molar-refractivity contribution in [1.82, 2.24) is 5.32 Å². The van der Waals surface area contributed by atoms with Crippen molar-refractivity contribution in [3.8, 4) is 6.07 Å². The smallest absolute Gasteiger partial charge is 0.298 e. The van der Waals surface area contributed by atoms with Gasteiger partial charge in [0.25, 0.3) is 0 Å². The van der Waals surface area contributed by atoms with Crippen LogP contribution in [0.5, 0.6) is 0 Å². The molecule has 0 bridgehead atoms. The van der Waals surface area contributed by atoms with Crippen molar-refractivity contribution in [3.63, 3.8) is 0 Å². The van der Waals surface area contributed by atoms with Crippen molar-refractivity contribution in [2.75, 3.05) is 6.54 Å². The molecule has 0 radical (unpaired) electrons. The molecule has 0 aromatic heterocycles. The molecule has 0 saturated carbocycles. The molecule has 6 heteroatoms. The topological polar surface area (TPSA) is 35.8 Å². The molecule has 0 aliphatic rings. The average molecular weight is 274 g/mol. The van der Waals surface area contributed by atoms with Gasteiger partial charge < -0.3 is 0 Å². The lowest BCUT2D eigenvalue weighted by Gasteiger charge is -2.15. The fourth-order valence-electron chi connectivity index (χ4n) is 1.53. The molecule has 2 nitrogen and oxygen atoms in total. The minimum absolute atomic E-state index is 0.0181. The Balaban J connectivity index is 3.05. The van der Waals surface area contributed by atoms with Gasteiger partial charge in [0.15, 0.2) is 0 Å². The number of nitrogens with zero attached hydrogens (tertiary/aromatic N) is 1. The van der Waals surface area contributed by atoms with Crippen molar-refractivity contribution in [1.29, 1.82) is 5.26 Å². The van der Waals surface area contributed by atoms with E-state index in [2.05, 4.69) is 5.32 Å². The predicted octanol–water partition coefficient (Wildman–Crippen LogP) is 3.65. The van der Waals surface area contributed by atoms with Crippen molar-refractivity contribution < 1.29 is 17.6 Å². The standard InChI is InChI=1S/C13H14F4N2/c1-8(2)7-19-12(6-18)9-3-10(13(15,16)17)5-11(14)4-9/h3-5,8,12,19H,7H2,1-2H3. The predicted molar refractivity (Wildman–Crippen MR) is 62.6 cm³/mol. The largest absolute Gasteiger partial charge is 0.416 e. The van der Waals surface area contributed by atoms with Gasteiger partial charge in [-0.1, -0.05) is 13.8 Å². The van der Waals surface area contributed by atoms with Crippen LogP contribution in [0.1, 0.15) is 31.0 Å². The second-order valence-electron chi connectivity index (χ2n) is 4.64. The summed E-state index contributed by atoms with van der Waals surface area (Å²) in [5.74, 6) is -0.775. The number of nitriles is 1. The molecule has 1 aromatic carbocycles. The molecule has 1 atom stereocenters. The number of nitrogens with one attached hydrogen (secondary N) is 1. The summed E-state index contributed by atoms with van der Waals surface area (Å²) in [5.41, 5.74) is -1.11. The van der Waals surface area contributed by atoms with E-state index in [0.29, 0.717) is 12.6 Å². The van der Waals surface area contributed by atoms with Crippen LogP contribution < -0.4 is 5.32 Å². The van der Waals surface area contributed by atoms with E-state index in [0.717, 1.165) is 12.1 Å². The quantitative estimate of drug-likeness (QED) is 0.851. The number of benzene rings is 1. The van der Waals surface area contributed by atoms with Crippen LogP contribution in [-0.2, 0) is 6.18 Å². The molecule has 19 heavy (non-hydrogen) atoms. The Morgan fingerprint density at radius 2 is 1.89 bits per heavy atom. The normalized spacial score (nSPS) is 13.4. The molecular formula is C13H14F4N2. The Labute approximate surface area is 109 Å². The van der Waals surface area contributed by atoms with E-state index in [4.69, 9.17) is 5.26 Å². The van der Waals surface area contributed by atoms with E-state index in [9.17, 15) is 17.6 Å². The van der Waals surface area contributed by atoms with Crippen LogP contribution in [0.4, 0.5) is 17.6 Å². The average Bonchev–Trinajstić information content (AvgIpc) is 2.27. The van der Waals surface area contributed by atoms with Gasteiger partial charge in [0.05, 0.1) is 11.6 Å². The van der Waals surface area contributed by atoms with E-state index in [1.807, 2.05) is 19.9 Å². The van der Waals surface area contributed by atoms with Gasteiger partial charge in [-0.15, -0.1) is 0 Å². The lowest BCUT2D eigenvalue weighted by molar-refractivity contribution is -0.137. The van der Waals surface area contributed by atoms with E-state index < -0.39 is 23.6 Å². The molecular weight excluding hydrogens is 260 g/mol. The molecule has 0 aliphatic carbocycles. The van der Waals surface area contributed by atoms with E-state index in [-0.39, 0.29) is 11.5 Å². The van der Waals surface area contributed by atoms with Gasteiger partial charge in [-0.25, -0.2) is 4.39 Å². The molecule has 0 amide bonds. The highest BCUT2D eigenvalue weighted by atomic mass is 19.4. The molecule has 1 N–H and O–H groups in total. The molecule has 0 spiro atoms. The van der Waals surface area contributed by atoms with Gasteiger partial charge >= 0.3 is 6.18 Å². The number of halogens is 4. The highest BCUT2D eigenvalue weighted by Crippen LogP contribution is 2.31. The first-order valence-electron chi connectivity index (χ1n) is 5.74.